The maximum Gasteiger partial charge on any atom is 0.196 e. The minimum Gasteiger partial charge on any atom is -0.384 e. The summed E-state index contributed by atoms with van der Waals surface area (Å²) in [5.41, 5.74) is 6.78. The molecule has 1 aromatic carbocycles. The van der Waals surface area contributed by atoms with E-state index in [0.717, 1.165) is 10.5 Å². The third-order valence-electron chi connectivity index (χ3n) is 2.40. The smallest absolute Gasteiger partial charge is 0.196 e. The lowest BCUT2D eigenvalue weighted by atomic mass is 10.3. The summed E-state index contributed by atoms with van der Waals surface area (Å²) in [7, 11) is 0. The maximum atomic E-state index is 5.68. The van der Waals surface area contributed by atoms with E-state index < -0.39 is 0 Å². The fraction of sp³-hybridized carbons (Fsp3) is 0. The number of aromatic nitrogens is 3. The highest BCUT2D eigenvalue weighted by Crippen LogP contribution is 2.28. The third-order valence-corrected chi connectivity index (χ3v) is 3.61. The van der Waals surface area contributed by atoms with E-state index in [1.807, 2.05) is 18.2 Å². The van der Waals surface area contributed by atoms with Crippen molar-refractivity contribution in [3.63, 3.8) is 0 Å². The molecule has 0 bridgehead atoms. The fourth-order valence-electron chi connectivity index (χ4n) is 1.66. The van der Waals surface area contributed by atoms with E-state index in [1.165, 1.54) is 17.1 Å². The van der Waals surface area contributed by atoms with Gasteiger partial charge < -0.3 is 10.7 Å². The summed E-state index contributed by atoms with van der Waals surface area (Å²) in [6, 6.07) is 11.9. The number of nitrogens with zero attached hydrogens (tertiary/aromatic N) is 2. The van der Waals surface area contributed by atoms with Gasteiger partial charge >= 0.3 is 0 Å². The number of hydrogen-bond acceptors (Lipinski definition) is 4. The van der Waals surface area contributed by atoms with Gasteiger partial charge in [0.05, 0.1) is 5.03 Å². The van der Waals surface area contributed by atoms with E-state index in [2.05, 4.69) is 43.0 Å². The third kappa shape index (κ3) is 2.34. The second-order valence-corrected chi connectivity index (χ2v) is 5.54. The molecule has 0 spiro atoms. The number of anilines is 1. The molecule has 0 atom stereocenters. The Kier molecular flexibility index (Phi) is 2.97. The van der Waals surface area contributed by atoms with Crippen molar-refractivity contribution in [1.82, 2.24) is 15.0 Å². The number of benzene rings is 1. The Balaban J connectivity index is 1.96. The zero-order valence-electron chi connectivity index (χ0n) is 9.22. The van der Waals surface area contributed by atoms with Gasteiger partial charge in [-0.2, -0.15) is 0 Å². The van der Waals surface area contributed by atoms with Gasteiger partial charge in [-0.1, -0.05) is 18.2 Å². The van der Waals surface area contributed by atoms with Crippen LogP contribution in [0.4, 0.5) is 5.82 Å². The highest BCUT2D eigenvalue weighted by Gasteiger charge is 2.06. The Bertz CT molecular complexity index is 657. The fourth-order valence-corrected chi connectivity index (χ4v) is 3.02. The molecule has 0 aliphatic heterocycles. The standard InChI is InChI=1S/C12H9BrN4S/c13-9-6-10(14)17-12(16-9)18-11-5-7-3-1-2-4-8(7)15-11/h1-6,15H,(H2,14,16,17). The number of halogens is 1. The summed E-state index contributed by atoms with van der Waals surface area (Å²) in [5, 5.41) is 2.78. The number of hydrogen-bond donors (Lipinski definition) is 2. The molecule has 18 heavy (non-hydrogen) atoms. The van der Waals surface area contributed by atoms with E-state index in [0.29, 0.717) is 15.6 Å². The van der Waals surface area contributed by atoms with Crippen molar-refractivity contribution in [3.8, 4) is 0 Å². The maximum absolute atomic E-state index is 5.68. The molecule has 0 radical (unpaired) electrons. The Hall–Kier alpha value is -1.53. The first kappa shape index (κ1) is 11.6. The molecular formula is C12H9BrN4S. The van der Waals surface area contributed by atoms with Gasteiger partial charge in [-0.05, 0) is 39.8 Å². The number of nitrogens with two attached hydrogens (primary N) is 1. The monoisotopic (exact) mass is 320 g/mol. The normalized spacial score (nSPS) is 10.9. The van der Waals surface area contributed by atoms with Crippen LogP contribution >= 0.6 is 27.7 Å². The molecule has 3 N–H and O–H groups in total. The lowest BCUT2D eigenvalue weighted by Crippen LogP contribution is -1.94. The van der Waals surface area contributed by atoms with Gasteiger partial charge in [0.15, 0.2) is 5.16 Å². The molecule has 0 amide bonds. The molecule has 2 heterocycles. The molecule has 0 fully saturated rings. The number of nitrogens with one attached hydrogen (secondary N) is 1. The Labute approximate surface area is 116 Å². The minimum absolute atomic E-state index is 0.454. The molecule has 0 aliphatic rings. The molecular weight excluding hydrogens is 312 g/mol. The molecule has 0 unspecified atom stereocenters. The van der Waals surface area contributed by atoms with Crippen LogP contribution in [0.15, 0.2) is 51.2 Å². The van der Waals surface area contributed by atoms with Gasteiger partial charge in [0, 0.05) is 17.0 Å². The first-order chi connectivity index (χ1) is 8.70. The molecule has 6 heteroatoms. The number of nitrogen functional groups attached to an aromatic ring is 1. The van der Waals surface area contributed by atoms with Crippen LogP contribution in [0, 0.1) is 0 Å². The molecule has 3 aromatic rings. The van der Waals surface area contributed by atoms with E-state index in [4.69, 9.17) is 5.73 Å². The number of rotatable bonds is 2. The van der Waals surface area contributed by atoms with Crippen LogP contribution in [0.3, 0.4) is 0 Å². The van der Waals surface area contributed by atoms with Gasteiger partial charge in [0.1, 0.15) is 10.4 Å². The van der Waals surface area contributed by atoms with Crippen molar-refractivity contribution in [1.29, 1.82) is 0 Å². The minimum atomic E-state index is 0.454. The summed E-state index contributed by atoms with van der Waals surface area (Å²) in [4.78, 5) is 11.8. The predicted molar refractivity (Wildman–Crippen MR) is 76.6 cm³/mol. The lowest BCUT2D eigenvalue weighted by Gasteiger charge is -1.99. The van der Waals surface area contributed by atoms with Crippen LogP contribution in [0.25, 0.3) is 10.9 Å². The molecule has 4 nitrogen and oxygen atoms in total. The average molecular weight is 321 g/mol. The van der Waals surface area contributed by atoms with Crippen molar-refractivity contribution in [2.24, 2.45) is 0 Å². The molecule has 3 rings (SSSR count). The van der Waals surface area contributed by atoms with E-state index in [-0.39, 0.29) is 0 Å². The lowest BCUT2D eigenvalue weighted by molar-refractivity contribution is 0.954. The van der Waals surface area contributed by atoms with Crippen LogP contribution in [-0.2, 0) is 0 Å². The predicted octanol–water partition coefficient (Wildman–Crippen LogP) is 3.45. The Morgan fingerprint density at radius 3 is 2.78 bits per heavy atom. The topological polar surface area (TPSA) is 67.6 Å². The first-order valence-corrected chi connectivity index (χ1v) is 6.87. The second-order valence-electron chi connectivity index (χ2n) is 3.72. The summed E-state index contributed by atoms with van der Waals surface area (Å²) < 4.78 is 0.689. The van der Waals surface area contributed by atoms with Crippen molar-refractivity contribution >= 4 is 44.4 Å². The van der Waals surface area contributed by atoms with Gasteiger partial charge in [-0.3, -0.25) is 0 Å². The van der Waals surface area contributed by atoms with Gasteiger partial charge in [0.2, 0.25) is 0 Å². The molecule has 90 valence electrons. The van der Waals surface area contributed by atoms with Crippen molar-refractivity contribution in [2.75, 3.05) is 5.73 Å². The van der Waals surface area contributed by atoms with E-state index >= 15 is 0 Å². The Morgan fingerprint density at radius 2 is 2.00 bits per heavy atom. The zero-order valence-corrected chi connectivity index (χ0v) is 11.6. The Morgan fingerprint density at radius 1 is 1.17 bits per heavy atom. The van der Waals surface area contributed by atoms with Crippen molar-refractivity contribution < 1.29 is 0 Å². The summed E-state index contributed by atoms with van der Waals surface area (Å²) >= 11 is 4.76. The second kappa shape index (κ2) is 4.62. The van der Waals surface area contributed by atoms with Gasteiger partial charge in [0.25, 0.3) is 0 Å². The summed E-state index contributed by atoms with van der Waals surface area (Å²) in [6.07, 6.45) is 0. The largest absolute Gasteiger partial charge is 0.384 e. The summed E-state index contributed by atoms with van der Waals surface area (Å²) in [6.45, 7) is 0. The quantitative estimate of drug-likeness (QED) is 0.560. The molecule has 2 aromatic heterocycles. The molecule has 0 saturated carbocycles. The van der Waals surface area contributed by atoms with Crippen LogP contribution < -0.4 is 5.73 Å². The van der Waals surface area contributed by atoms with Crippen molar-refractivity contribution in [2.45, 2.75) is 10.2 Å². The van der Waals surface area contributed by atoms with Gasteiger partial charge in [-0.15, -0.1) is 0 Å². The highest BCUT2D eigenvalue weighted by molar-refractivity contribution is 9.10. The SMILES string of the molecule is Nc1cc(Br)nc(Sc2cc3ccccc3[nH]2)n1. The van der Waals surface area contributed by atoms with E-state index in [9.17, 15) is 0 Å². The van der Waals surface area contributed by atoms with E-state index in [1.54, 1.807) is 6.07 Å². The summed E-state index contributed by atoms with van der Waals surface area (Å²) in [5.74, 6) is 0.454. The highest BCUT2D eigenvalue weighted by atomic mass is 79.9. The number of para-hydroxylation sites is 1. The first-order valence-electron chi connectivity index (χ1n) is 5.26. The molecule has 0 aliphatic carbocycles. The van der Waals surface area contributed by atoms with Crippen LogP contribution in [0.2, 0.25) is 0 Å². The number of H-pyrrole nitrogens is 1. The molecule has 0 saturated heterocycles. The number of aromatic amines is 1. The zero-order chi connectivity index (χ0) is 12.5. The number of fused-ring (bicyclic) bond motifs is 1. The van der Waals surface area contributed by atoms with Crippen molar-refractivity contribution in [3.05, 3.63) is 41.0 Å². The average Bonchev–Trinajstić information content (AvgIpc) is 2.69. The van der Waals surface area contributed by atoms with Crippen LogP contribution in [0.5, 0.6) is 0 Å². The van der Waals surface area contributed by atoms with Crippen LogP contribution in [0.1, 0.15) is 0 Å². The van der Waals surface area contributed by atoms with Crippen LogP contribution in [-0.4, -0.2) is 15.0 Å². The van der Waals surface area contributed by atoms with Gasteiger partial charge in [-0.25, -0.2) is 9.97 Å².